The molecule has 0 atom stereocenters. The Balaban J connectivity index is 1.56. The Labute approximate surface area is 143 Å². The molecule has 0 saturated carbocycles. The van der Waals surface area contributed by atoms with E-state index in [0.717, 1.165) is 43.5 Å². The van der Waals surface area contributed by atoms with Crippen molar-refractivity contribution < 1.29 is 4.74 Å². The average molecular weight is 331 g/mol. The number of rotatable bonds is 4. The molecule has 0 aromatic heterocycles. The van der Waals surface area contributed by atoms with Crippen LogP contribution in [-0.4, -0.2) is 38.2 Å². The molecule has 0 bridgehead atoms. The van der Waals surface area contributed by atoms with E-state index < -0.39 is 0 Å². The van der Waals surface area contributed by atoms with Crippen LogP contribution in [0.5, 0.6) is 5.75 Å². The van der Waals surface area contributed by atoms with Gasteiger partial charge in [-0.2, -0.15) is 0 Å². The van der Waals surface area contributed by atoms with Crippen molar-refractivity contribution in [3.05, 3.63) is 58.6 Å². The summed E-state index contributed by atoms with van der Waals surface area (Å²) in [6.07, 6.45) is 0. The summed E-state index contributed by atoms with van der Waals surface area (Å²) in [5.74, 6) is 0.960. The zero-order valence-electron chi connectivity index (χ0n) is 13.8. The molecule has 23 heavy (non-hydrogen) atoms. The van der Waals surface area contributed by atoms with E-state index in [1.54, 1.807) is 7.11 Å². The molecule has 2 aromatic rings. The van der Waals surface area contributed by atoms with Crippen molar-refractivity contribution in [3.8, 4) is 5.75 Å². The molecule has 0 N–H and O–H groups in total. The maximum absolute atomic E-state index is 5.96. The van der Waals surface area contributed by atoms with Gasteiger partial charge < -0.3 is 9.64 Å². The summed E-state index contributed by atoms with van der Waals surface area (Å²) in [5, 5.41) is 0.794. The predicted molar refractivity (Wildman–Crippen MR) is 96.7 cm³/mol. The van der Waals surface area contributed by atoms with E-state index in [-0.39, 0.29) is 0 Å². The van der Waals surface area contributed by atoms with Gasteiger partial charge in [-0.05, 0) is 48.4 Å². The number of halogens is 1. The van der Waals surface area contributed by atoms with Crippen molar-refractivity contribution in [2.75, 3.05) is 38.2 Å². The van der Waals surface area contributed by atoms with Crippen LogP contribution in [0.3, 0.4) is 0 Å². The van der Waals surface area contributed by atoms with E-state index in [0.29, 0.717) is 0 Å². The number of methoxy groups -OCH3 is 1. The predicted octanol–water partition coefficient (Wildman–Crippen LogP) is 3.98. The van der Waals surface area contributed by atoms with Gasteiger partial charge in [0.1, 0.15) is 5.75 Å². The van der Waals surface area contributed by atoms with Crippen LogP contribution in [0, 0.1) is 6.92 Å². The second kappa shape index (κ2) is 7.24. The summed E-state index contributed by atoms with van der Waals surface area (Å²) in [4.78, 5) is 4.93. The molecule has 1 saturated heterocycles. The molecular formula is C19H23ClN2O. The number of ether oxygens (including phenoxy) is 1. The molecule has 4 heteroatoms. The second-order valence-corrected chi connectivity index (χ2v) is 6.48. The van der Waals surface area contributed by atoms with E-state index in [4.69, 9.17) is 16.3 Å². The molecule has 1 heterocycles. The normalized spacial score (nSPS) is 15.7. The third-order valence-corrected chi connectivity index (χ3v) is 4.68. The Morgan fingerprint density at radius 3 is 2.30 bits per heavy atom. The van der Waals surface area contributed by atoms with Crippen LogP contribution in [0.4, 0.5) is 5.69 Å². The summed E-state index contributed by atoms with van der Waals surface area (Å²) >= 11 is 5.96. The van der Waals surface area contributed by atoms with Crippen molar-refractivity contribution >= 4 is 17.3 Å². The molecule has 1 aliphatic rings. The Kier molecular flexibility index (Phi) is 5.09. The first kappa shape index (κ1) is 16.2. The van der Waals surface area contributed by atoms with Crippen molar-refractivity contribution in [2.24, 2.45) is 0 Å². The van der Waals surface area contributed by atoms with Gasteiger partial charge in [0.15, 0.2) is 0 Å². The Morgan fingerprint density at radius 2 is 1.70 bits per heavy atom. The fourth-order valence-electron chi connectivity index (χ4n) is 3.11. The lowest BCUT2D eigenvalue weighted by Gasteiger charge is -2.36. The van der Waals surface area contributed by atoms with Gasteiger partial charge in [0, 0.05) is 43.4 Å². The molecular weight excluding hydrogens is 308 g/mol. The summed E-state index contributed by atoms with van der Waals surface area (Å²) in [7, 11) is 1.72. The standard InChI is InChI=1S/C19H23ClN2O/c1-15-13-16(3-8-19(15)23-2)14-21-9-11-22(12-10-21)18-6-4-17(20)5-7-18/h3-8,13H,9-12,14H2,1-2H3. The summed E-state index contributed by atoms with van der Waals surface area (Å²) in [6, 6.07) is 14.6. The highest BCUT2D eigenvalue weighted by Crippen LogP contribution is 2.22. The first-order chi connectivity index (χ1) is 11.2. The van der Waals surface area contributed by atoms with Crippen LogP contribution >= 0.6 is 11.6 Å². The van der Waals surface area contributed by atoms with Crippen molar-refractivity contribution in [1.82, 2.24) is 4.90 Å². The molecule has 122 valence electrons. The lowest BCUT2D eigenvalue weighted by Crippen LogP contribution is -2.45. The second-order valence-electron chi connectivity index (χ2n) is 6.04. The number of aryl methyl sites for hydroxylation is 1. The third kappa shape index (κ3) is 3.98. The van der Waals surface area contributed by atoms with Gasteiger partial charge in [-0.3, -0.25) is 4.90 Å². The first-order valence-corrected chi connectivity index (χ1v) is 8.40. The number of piperazine rings is 1. The van der Waals surface area contributed by atoms with Gasteiger partial charge in [0.2, 0.25) is 0 Å². The highest BCUT2D eigenvalue weighted by molar-refractivity contribution is 6.30. The SMILES string of the molecule is COc1ccc(CN2CCN(c3ccc(Cl)cc3)CC2)cc1C. The highest BCUT2D eigenvalue weighted by atomic mass is 35.5. The Morgan fingerprint density at radius 1 is 1.00 bits per heavy atom. The number of hydrogen-bond donors (Lipinski definition) is 0. The van der Waals surface area contributed by atoms with E-state index in [1.807, 2.05) is 12.1 Å². The van der Waals surface area contributed by atoms with Gasteiger partial charge in [-0.1, -0.05) is 23.7 Å². The van der Waals surface area contributed by atoms with Gasteiger partial charge in [-0.15, -0.1) is 0 Å². The lowest BCUT2D eigenvalue weighted by molar-refractivity contribution is 0.249. The van der Waals surface area contributed by atoms with Crippen LogP contribution in [0.2, 0.25) is 5.02 Å². The monoisotopic (exact) mass is 330 g/mol. The van der Waals surface area contributed by atoms with Crippen LogP contribution in [0.25, 0.3) is 0 Å². The topological polar surface area (TPSA) is 15.7 Å². The summed E-state index contributed by atoms with van der Waals surface area (Å²) in [6.45, 7) is 7.36. The maximum atomic E-state index is 5.96. The smallest absolute Gasteiger partial charge is 0.121 e. The van der Waals surface area contributed by atoms with Gasteiger partial charge in [0.25, 0.3) is 0 Å². The minimum atomic E-state index is 0.794. The van der Waals surface area contributed by atoms with E-state index in [9.17, 15) is 0 Å². The average Bonchev–Trinajstić information content (AvgIpc) is 2.57. The minimum Gasteiger partial charge on any atom is -0.496 e. The molecule has 0 spiro atoms. The molecule has 3 nitrogen and oxygen atoms in total. The number of anilines is 1. The number of nitrogens with zero attached hydrogens (tertiary/aromatic N) is 2. The molecule has 3 rings (SSSR count). The van der Waals surface area contributed by atoms with E-state index in [2.05, 4.69) is 47.1 Å². The van der Waals surface area contributed by atoms with Gasteiger partial charge >= 0.3 is 0 Å². The molecule has 0 radical (unpaired) electrons. The fraction of sp³-hybridized carbons (Fsp3) is 0.368. The van der Waals surface area contributed by atoms with Crippen LogP contribution < -0.4 is 9.64 Å². The first-order valence-electron chi connectivity index (χ1n) is 8.02. The molecule has 0 unspecified atom stereocenters. The summed E-state index contributed by atoms with van der Waals surface area (Å²) < 4.78 is 5.33. The van der Waals surface area contributed by atoms with Gasteiger partial charge in [-0.25, -0.2) is 0 Å². The molecule has 0 amide bonds. The molecule has 1 fully saturated rings. The molecule has 2 aromatic carbocycles. The van der Waals surface area contributed by atoms with Crippen LogP contribution in [0.15, 0.2) is 42.5 Å². The maximum Gasteiger partial charge on any atom is 0.121 e. The Hall–Kier alpha value is -1.71. The minimum absolute atomic E-state index is 0.794. The molecule has 1 aliphatic heterocycles. The fourth-order valence-corrected chi connectivity index (χ4v) is 3.24. The lowest BCUT2D eigenvalue weighted by atomic mass is 10.1. The molecule has 0 aliphatic carbocycles. The number of hydrogen-bond acceptors (Lipinski definition) is 3. The highest BCUT2D eigenvalue weighted by Gasteiger charge is 2.17. The van der Waals surface area contributed by atoms with E-state index in [1.165, 1.54) is 16.8 Å². The zero-order valence-corrected chi connectivity index (χ0v) is 14.5. The summed E-state index contributed by atoms with van der Waals surface area (Å²) in [5.41, 5.74) is 3.81. The van der Waals surface area contributed by atoms with Gasteiger partial charge in [0.05, 0.1) is 7.11 Å². The number of benzene rings is 2. The third-order valence-electron chi connectivity index (χ3n) is 4.43. The van der Waals surface area contributed by atoms with Crippen LogP contribution in [0.1, 0.15) is 11.1 Å². The van der Waals surface area contributed by atoms with E-state index >= 15 is 0 Å². The van der Waals surface area contributed by atoms with Crippen molar-refractivity contribution in [3.63, 3.8) is 0 Å². The zero-order chi connectivity index (χ0) is 16.2. The van der Waals surface area contributed by atoms with Crippen LogP contribution in [-0.2, 0) is 6.54 Å². The largest absolute Gasteiger partial charge is 0.496 e. The quantitative estimate of drug-likeness (QED) is 0.843. The van der Waals surface area contributed by atoms with Crippen molar-refractivity contribution in [2.45, 2.75) is 13.5 Å². The Bertz CT molecular complexity index is 649. The van der Waals surface area contributed by atoms with Crippen molar-refractivity contribution in [1.29, 1.82) is 0 Å².